The summed E-state index contributed by atoms with van der Waals surface area (Å²) in [6.07, 6.45) is 0.776. The fourth-order valence-corrected chi connectivity index (χ4v) is 4.53. The van der Waals surface area contributed by atoms with E-state index in [2.05, 4.69) is 0 Å². The molecule has 2 amide bonds. The number of anilines is 2. The molecule has 2 aliphatic rings. The Morgan fingerprint density at radius 3 is 2.39 bits per heavy atom. The Balaban J connectivity index is 1.70. The maximum atomic E-state index is 13.7. The van der Waals surface area contributed by atoms with Gasteiger partial charge in [-0.05, 0) is 66.4 Å². The minimum Gasteiger partial charge on any atom is -0.336 e. The molecule has 154 valence electrons. The zero-order chi connectivity index (χ0) is 21.7. The minimum atomic E-state index is -0.429. The van der Waals surface area contributed by atoms with Crippen molar-refractivity contribution < 1.29 is 14.0 Å². The van der Waals surface area contributed by atoms with E-state index in [1.807, 2.05) is 36.1 Å². The number of carbonyl (C=O) groups excluding carboxylic acids is 2. The van der Waals surface area contributed by atoms with Crippen LogP contribution in [0.5, 0.6) is 0 Å². The van der Waals surface area contributed by atoms with Gasteiger partial charge in [0.2, 0.25) is 0 Å². The summed E-state index contributed by atoms with van der Waals surface area (Å²) in [4.78, 5) is 30.4. The molecule has 3 aromatic carbocycles. The van der Waals surface area contributed by atoms with Crippen LogP contribution in [-0.4, -0.2) is 18.4 Å². The lowest BCUT2D eigenvalue weighted by Gasteiger charge is -2.22. The van der Waals surface area contributed by atoms with Crippen molar-refractivity contribution >= 4 is 40.4 Å². The number of amides is 2. The van der Waals surface area contributed by atoms with Gasteiger partial charge < -0.3 is 4.90 Å². The molecule has 0 atom stereocenters. The number of rotatable bonds is 3. The third-order valence-electron chi connectivity index (χ3n) is 5.75. The molecule has 0 bridgehead atoms. The van der Waals surface area contributed by atoms with Gasteiger partial charge in [-0.1, -0.05) is 41.9 Å². The number of nitrogens with zero attached hydrogens (tertiary/aromatic N) is 2. The third-order valence-corrected chi connectivity index (χ3v) is 5.98. The predicted molar refractivity (Wildman–Crippen MR) is 119 cm³/mol. The van der Waals surface area contributed by atoms with Crippen molar-refractivity contribution in [2.24, 2.45) is 0 Å². The van der Waals surface area contributed by atoms with Gasteiger partial charge in [0, 0.05) is 17.3 Å². The topological polar surface area (TPSA) is 40.6 Å². The van der Waals surface area contributed by atoms with Gasteiger partial charge in [-0.15, -0.1) is 0 Å². The van der Waals surface area contributed by atoms with Crippen LogP contribution in [0.3, 0.4) is 0 Å². The highest BCUT2D eigenvalue weighted by Crippen LogP contribution is 2.40. The summed E-state index contributed by atoms with van der Waals surface area (Å²) in [6.45, 7) is 2.40. The molecule has 0 saturated carbocycles. The summed E-state index contributed by atoms with van der Waals surface area (Å²) < 4.78 is 13.6. The van der Waals surface area contributed by atoms with Crippen molar-refractivity contribution in [3.63, 3.8) is 0 Å². The average Bonchev–Trinajstić information content (AvgIpc) is 3.28. The average molecular weight is 433 g/mol. The van der Waals surface area contributed by atoms with Crippen LogP contribution in [0.2, 0.25) is 5.02 Å². The Bertz CT molecular complexity index is 1270. The molecule has 3 aromatic rings. The first-order valence-electron chi connectivity index (χ1n) is 9.96. The van der Waals surface area contributed by atoms with Crippen LogP contribution in [0.25, 0.3) is 5.57 Å². The van der Waals surface area contributed by atoms with Crippen LogP contribution in [0.15, 0.2) is 72.4 Å². The molecule has 2 aliphatic heterocycles. The molecule has 0 aromatic heterocycles. The van der Waals surface area contributed by atoms with E-state index in [-0.39, 0.29) is 5.57 Å². The third kappa shape index (κ3) is 3.13. The molecule has 0 unspecified atom stereocenters. The molecule has 0 N–H and O–H groups in total. The van der Waals surface area contributed by atoms with Crippen LogP contribution >= 0.6 is 11.6 Å². The second-order valence-corrected chi connectivity index (χ2v) is 8.07. The van der Waals surface area contributed by atoms with E-state index in [0.717, 1.165) is 23.2 Å². The molecule has 0 fully saturated rings. The lowest BCUT2D eigenvalue weighted by molar-refractivity contribution is -0.120. The molecule has 0 radical (unpaired) electrons. The summed E-state index contributed by atoms with van der Waals surface area (Å²) in [5.74, 6) is -1.23. The number of para-hydroxylation sites is 1. The van der Waals surface area contributed by atoms with E-state index in [4.69, 9.17) is 11.6 Å². The first-order valence-corrected chi connectivity index (χ1v) is 10.3. The molecular formula is C25H18ClFN2O2. The molecule has 4 nitrogen and oxygen atoms in total. The van der Waals surface area contributed by atoms with E-state index < -0.39 is 17.6 Å². The zero-order valence-corrected chi connectivity index (χ0v) is 17.5. The second kappa shape index (κ2) is 7.36. The van der Waals surface area contributed by atoms with E-state index in [1.54, 1.807) is 18.2 Å². The number of benzene rings is 3. The monoisotopic (exact) mass is 432 g/mol. The summed E-state index contributed by atoms with van der Waals surface area (Å²) in [6, 6.07) is 18.6. The highest BCUT2D eigenvalue weighted by atomic mass is 35.5. The molecular weight excluding hydrogens is 415 g/mol. The molecule has 0 aliphatic carbocycles. The van der Waals surface area contributed by atoms with Crippen LogP contribution in [-0.2, 0) is 16.0 Å². The normalized spacial score (nSPS) is 15.8. The SMILES string of the molecule is Cc1cc(Cl)ccc1N1C(=O)C(c2ccc(F)cc2)=C(N2CCc3ccccc32)C1=O. The lowest BCUT2D eigenvalue weighted by Crippen LogP contribution is -2.35. The molecule has 0 spiro atoms. The van der Waals surface area contributed by atoms with Crippen molar-refractivity contribution in [2.75, 3.05) is 16.3 Å². The Hall–Kier alpha value is -3.44. The summed E-state index contributed by atoms with van der Waals surface area (Å²) in [5, 5.41) is 0.528. The molecule has 31 heavy (non-hydrogen) atoms. The number of imide groups is 1. The predicted octanol–water partition coefficient (Wildman–Crippen LogP) is 5.13. The van der Waals surface area contributed by atoms with Crippen molar-refractivity contribution in [3.05, 3.63) is 100.0 Å². The standard InChI is InChI=1S/C25H18ClFN2O2/c1-15-14-18(26)8-11-20(15)29-24(30)22(17-6-9-19(27)10-7-17)23(25(29)31)28-13-12-16-4-2-3-5-21(16)28/h2-11,14H,12-13H2,1H3. The van der Waals surface area contributed by atoms with Crippen molar-refractivity contribution in [1.82, 2.24) is 0 Å². The smallest absolute Gasteiger partial charge is 0.282 e. The van der Waals surface area contributed by atoms with Gasteiger partial charge in [0.25, 0.3) is 11.8 Å². The molecule has 6 heteroatoms. The van der Waals surface area contributed by atoms with Gasteiger partial charge in [0.1, 0.15) is 11.5 Å². The Labute approximate surface area is 184 Å². The zero-order valence-electron chi connectivity index (χ0n) is 16.7. The second-order valence-electron chi connectivity index (χ2n) is 7.64. The first-order chi connectivity index (χ1) is 15.0. The van der Waals surface area contributed by atoms with Crippen molar-refractivity contribution in [1.29, 1.82) is 0 Å². The quantitative estimate of drug-likeness (QED) is 0.538. The number of hydrogen-bond donors (Lipinski definition) is 0. The van der Waals surface area contributed by atoms with Gasteiger partial charge in [-0.2, -0.15) is 0 Å². The van der Waals surface area contributed by atoms with Crippen LogP contribution in [0.1, 0.15) is 16.7 Å². The highest BCUT2D eigenvalue weighted by Gasteiger charge is 2.44. The van der Waals surface area contributed by atoms with Gasteiger partial charge in [-0.3, -0.25) is 9.59 Å². The Kier molecular flexibility index (Phi) is 4.63. The molecule has 0 saturated heterocycles. The number of halogens is 2. The Morgan fingerprint density at radius 1 is 0.903 bits per heavy atom. The number of carbonyl (C=O) groups is 2. The Morgan fingerprint density at radius 2 is 1.65 bits per heavy atom. The van der Waals surface area contributed by atoms with Crippen LogP contribution in [0.4, 0.5) is 15.8 Å². The highest BCUT2D eigenvalue weighted by molar-refractivity contribution is 6.46. The van der Waals surface area contributed by atoms with Gasteiger partial charge in [0.05, 0.1) is 11.3 Å². The summed E-state index contributed by atoms with van der Waals surface area (Å²) >= 11 is 6.08. The molecule has 5 rings (SSSR count). The molecule has 2 heterocycles. The largest absolute Gasteiger partial charge is 0.336 e. The lowest BCUT2D eigenvalue weighted by atomic mass is 10.0. The van der Waals surface area contributed by atoms with Crippen molar-refractivity contribution in [2.45, 2.75) is 13.3 Å². The van der Waals surface area contributed by atoms with Gasteiger partial charge in [0.15, 0.2) is 0 Å². The van der Waals surface area contributed by atoms with E-state index in [9.17, 15) is 14.0 Å². The number of hydrogen-bond acceptors (Lipinski definition) is 3. The fraction of sp³-hybridized carbons (Fsp3) is 0.120. The van der Waals surface area contributed by atoms with E-state index >= 15 is 0 Å². The van der Waals surface area contributed by atoms with Crippen LogP contribution in [0, 0.1) is 12.7 Å². The summed E-state index contributed by atoms with van der Waals surface area (Å²) in [7, 11) is 0. The maximum absolute atomic E-state index is 13.7. The minimum absolute atomic E-state index is 0.274. The van der Waals surface area contributed by atoms with Crippen LogP contribution < -0.4 is 9.80 Å². The number of aryl methyl sites for hydroxylation is 1. The van der Waals surface area contributed by atoms with Gasteiger partial charge in [-0.25, -0.2) is 9.29 Å². The van der Waals surface area contributed by atoms with Gasteiger partial charge >= 0.3 is 0 Å². The number of fused-ring (bicyclic) bond motifs is 1. The first kappa shape index (κ1) is 19.5. The summed E-state index contributed by atoms with van der Waals surface area (Å²) in [5.41, 5.74) is 4.33. The maximum Gasteiger partial charge on any atom is 0.282 e. The van der Waals surface area contributed by atoms with Crippen molar-refractivity contribution in [3.8, 4) is 0 Å². The van der Waals surface area contributed by atoms with E-state index in [0.29, 0.717) is 28.5 Å². The fourth-order valence-electron chi connectivity index (χ4n) is 4.30. The van der Waals surface area contributed by atoms with E-state index in [1.165, 1.54) is 29.2 Å².